The molecule has 0 atom stereocenters. The number of nitrogens with one attached hydrogen (secondary N) is 1. The summed E-state index contributed by atoms with van der Waals surface area (Å²) in [4.78, 5) is 16.4. The van der Waals surface area contributed by atoms with Crippen molar-refractivity contribution in [3.05, 3.63) is 35.4 Å². The fraction of sp³-hybridized carbons (Fsp3) is 0.444. The minimum Gasteiger partial charge on any atom is -0.379 e. The normalized spacial score (nSPS) is 15.6. The molecular weight excluding hydrogens is 304 g/mol. The third-order valence-electron chi connectivity index (χ3n) is 3.90. The van der Waals surface area contributed by atoms with Crippen molar-refractivity contribution in [2.24, 2.45) is 0 Å². The van der Waals surface area contributed by atoms with E-state index in [1.165, 1.54) is 0 Å². The zero-order valence-corrected chi connectivity index (χ0v) is 14.3. The van der Waals surface area contributed by atoms with E-state index in [4.69, 9.17) is 4.74 Å². The van der Waals surface area contributed by atoms with Gasteiger partial charge in [0.25, 0.3) is 5.91 Å². The topological polar surface area (TPSA) is 68.6 Å². The largest absolute Gasteiger partial charge is 0.379 e. The van der Waals surface area contributed by atoms with Crippen LogP contribution in [0.3, 0.4) is 0 Å². The number of nitriles is 1. The molecule has 1 fully saturated rings. The van der Waals surface area contributed by atoms with Gasteiger partial charge >= 0.3 is 0 Å². The molecule has 6 heteroatoms. The molecule has 1 aromatic rings. The number of hydrogen-bond acceptors (Lipinski definition) is 5. The summed E-state index contributed by atoms with van der Waals surface area (Å²) < 4.78 is 5.29. The van der Waals surface area contributed by atoms with E-state index in [1.54, 1.807) is 6.08 Å². The number of carbonyl (C=O) groups is 1. The number of morpholine rings is 1. The molecule has 0 bridgehead atoms. The number of anilines is 1. The lowest BCUT2D eigenvalue weighted by Gasteiger charge is -2.26. The quantitative estimate of drug-likeness (QED) is 0.626. The van der Waals surface area contributed by atoms with Crippen molar-refractivity contribution in [2.45, 2.75) is 0 Å². The molecule has 1 saturated heterocycles. The molecule has 1 aliphatic heterocycles. The molecule has 0 unspecified atom stereocenters. The minimum absolute atomic E-state index is 0.120. The van der Waals surface area contributed by atoms with Gasteiger partial charge in [0.2, 0.25) is 0 Å². The third-order valence-corrected chi connectivity index (χ3v) is 3.90. The highest BCUT2D eigenvalue weighted by Crippen LogP contribution is 2.14. The second-order valence-corrected chi connectivity index (χ2v) is 5.87. The fourth-order valence-corrected chi connectivity index (χ4v) is 2.43. The van der Waals surface area contributed by atoms with Gasteiger partial charge in [-0.3, -0.25) is 9.69 Å². The summed E-state index contributed by atoms with van der Waals surface area (Å²) in [7, 11) is 3.93. The first-order chi connectivity index (χ1) is 11.6. The van der Waals surface area contributed by atoms with Gasteiger partial charge in [0, 0.05) is 46.0 Å². The van der Waals surface area contributed by atoms with Gasteiger partial charge < -0.3 is 15.0 Å². The molecule has 6 nitrogen and oxygen atoms in total. The molecule has 24 heavy (non-hydrogen) atoms. The van der Waals surface area contributed by atoms with Crippen LogP contribution in [-0.2, 0) is 9.53 Å². The maximum absolute atomic E-state index is 12.1. The average molecular weight is 328 g/mol. The summed E-state index contributed by atoms with van der Waals surface area (Å²) in [6, 6.07) is 9.69. The van der Waals surface area contributed by atoms with Crippen LogP contribution in [0.1, 0.15) is 5.56 Å². The number of carbonyl (C=O) groups excluding carboxylic acids is 1. The molecule has 1 aliphatic rings. The highest BCUT2D eigenvalue weighted by atomic mass is 16.5. The molecule has 1 N–H and O–H groups in total. The average Bonchev–Trinajstić information content (AvgIpc) is 2.60. The van der Waals surface area contributed by atoms with Crippen molar-refractivity contribution in [1.29, 1.82) is 5.26 Å². The SMILES string of the molecule is CN(C)c1ccc(C=C(C#N)C(=O)NCCN2CCOCC2)cc1. The Morgan fingerprint density at radius 3 is 2.58 bits per heavy atom. The lowest BCUT2D eigenvalue weighted by Crippen LogP contribution is -2.41. The third kappa shape index (κ3) is 5.37. The van der Waals surface area contributed by atoms with Gasteiger partial charge in [0.1, 0.15) is 11.6 Å². The van der Waals surface area contributed by atoms with E-state index in [2.05, 4.69) is 10.2 Å². The van der Waals surface area contributed by atoms with Crippen LogP contribution in [0.4, 0.5) is 5.69 Å². The highest BCUT2D eigenvalue weighted by molar-refractivity contribution is 6.01. The predicted octanol–water partition coefficient (Wildman–Crippen LogP) is 1.11. The highest BCUT2D eigenvalue weighted by Gasteiger charge is 2.12. The lowest BCUT2D eigenvalue weighted by molar-refractivity contribution is -0.117. The van der Waals surface area contributed by atoms with Gasteiger partial charge in [-0.1, -0.05) is 12.1 Å². The molecule has 0 saturated carbocycles. The first-order valence-electron chi connectivity index (χ1n) is 8.07. The molecule has 0 aliphatic carbocycles. The van der Waals surface area contributed by atoms with Crippen molar-refractivity contribution in [2.75, 3.05) is 58.4 Å². The molecule has 1 heterocycles. The lowest BCUT2D eigenvalue weighted by atomic mass is 10.1. The molecule has 2 rings (SSSR count). The number of benzene rings is 1. The molecule has 0 aromatic heterocycles. The Kier molecular flexibility index (Phi) is 6.79. The predicted molar refractivity (Wildman–Crippen MR) is 94.6 cm³/mol. The Bertz CT molecular complexity index is 611. The number of amides is 1. The van der Waals surface area contributed by atoms with Crippen LogP contribution >= 0.6 is 0 Å². The summed E-state index contributed by atoms with van der Waals surface area (Å²) in [5, 5.41) is 12.0. The van der Waals surface area contributed by atoms with Crippen LogP contribution in [0.25, 0.3) is 6.08 Å². The van der Waals surface area contributed by atoms with E-state index in [-0.39, 0.29) is 11.5 Å². The van der Waals surface area contributed by atoms with E-state index >= 15 is 0 Å². The van der Waals surface area contributed by atoms with Crippen LogP contribution in [-0.4, -0.2) is 64.3 Å². The summed E-state index contributed by atoms with van der Waals surface area (Å²) in [5.41, 5.74) is 2.02. The number of rotatable bonds is 6. The number of hydrogen-bond donors (Lipinski definition) is 1. The Balaban J connectivity index is 1.89. The smallest absolute Gasteiger partial charge is 0.261 e. The van der Waals surface area contributed by atoms with Gasteiger partial charge in [-0.15, -0.1) is 0 Å². The van der Waals surface area contributed by atoms with Crippen molar-refractivity contribution in [3.63, 3.8) is 0 Å². The molecule has 128 valence electrons. The van der Waals surface area contributed by atoms with Crippen LogP contribution in [0, 0.1) is 11.3 Å². The summed E-state index contributed by atoms with van der Waals surface area (Å²) in [6.07, 6.45) is 1.61. The van der Waals surface area contributed by atoms with E-state index in [0.717, 1.165) is 44.1 Å². The maximum Gasteiger partial charge on any atom is 0.261 e. The Hall–Kier alpha value is -2.36. The first kappa shape index (κ1) is 18.0. The van der Waals surface area contributed by atoms with E-state index in [1.807, 2.05) is 49.3 Å². The van der Waals surface area contributed by atoms with E-state index < -0.39 is 0 Å². The van der Waals surface area contributed by atoms with E-state index in [0.29, 0.717) is 6.54 Å². The minimum atomic E-state index is -0.331. The fourth-order valence-electron chi connectivity index (χ4n) is 2.43. The van der Waals surface area contributed by atoms with Gasteiger partial charge in [-0.2, -0.15) is 5.26 Å². The standard InChI is InChI=1S/C18H24N4O2/c1-21(2)17-5-3-15(4-6-17)13-16(14-19)18(23)20-7-8-22-9-11-24-12-10-22/h3-6,13H,7-12H2,1-2H3,(H,20,23). The zero-order chi connectivity index (χ0) is 17.4. The molecular formula is C18H24N4O2. The van der Waals surface area contributed by atoms with Crippen LogP contribution in [0.15, 0.2) is 29.8 Å². The van der Waals surface area contributed by atoms with Crippen molar-refractivity contribution >= 4 is 17.7 Å². The first-order valence-corrected chi connectivity index (χ1v) is 8.07. The summed E-state index contributed by atoms with van der Waals surface area (Å²) in [5.74, 6) is -0.331. The molecule has 0 radical (unpaired) electrons. The second kappa shape index (κ2) is 9.06. The van der Waals surface area contributed by atoms with Gasteiger partial charge in [0.15, 0.2) is 0 Å². The van der Waals surface area contributed by atoms with Gasteiger partial charge in [0.05, 0.1) is 13.2 Å². The molecule has 1 amide bonds. The molecule has 0 spiro atoms. The van der Waals surface area contributed by atoms with Crippen LogP contribution < -0.4 is 10.2 Å². The summed E-state index contributed by atoms with van der Waals surface area (Å²) in [6.45, 7) is 4.54. The van der Waals surface area contributed by atoms with E-state index in [9.17, 15) is 10.1 Å². The number of ether oxygens (including phenoxy) is 1. The second-order valence-electron chi connectivity index (χ2n) is 5.87. The van der Waals surface area contributed by atoms with Crippen molar-refractivity contribution in [3.8, 4) is 6.07 Å². The van der Waals surface area contributed by atoms with Crippen LogP contribution in [0.5, 0.6) is 0 Å². The maximum atomic E-state index is 12.1. The zero-order valence-electron chi connectivity index (χ0n) is 14.3. The Labute approximate surface area is 143 Å². The van der Waals surface area contributed by atoms with Crippen molar-refractivity contribution in [1.82, 2.24) is 10.2 Å². The molecule has 1 aromatic carbocycles. The van der Waals surface area contributed by atoms with Gasteiger partial charge in [-0.05, 0) is 23.8 Å². The van der Waals surface area contributed by atoms with Gasteiger partial charge in [-0.25, -0.2) is 0 Å². The van der Waals surface area contributed by atoms with Crippen molar-refractivity contribution < 1.29 is 9.53 Å². The Morgan fingerprint density at radius 1 is 1.33 bits per heavy atom. The monoisotopic (exact) mass is 328 g/mol. The Morgan fingerprint density at radius 2 is 2.00 bits per heavy atom. The van der Waals surface area contributed by atoms with Crippen LogP contribution in [0.2, 0.25) is 0 Å². The summed E-state index contributed by atoms with van der Waals surface area (Å²) >= 11 is 0. The number of nitrogens with zero attached hydrogens (tertiary/aromatic N) is 3.